The van der Waals surface area contributed by atoms with Crippen LogP contribution in [0.4, 0.5) is 13.6 Å². The molecule has 0 bridgehead atoms. The number of amides is 1. The Morgan fingerprint density at radius 2 is 2.29 bits per heavy atom. The Hall–Kier alpha value is -1.56. The normalized spacial score (nSPS) is 19.1. The molecule has 1 N–H and O–H groups in total. The first kappa shape index (κ1) is 11.9. The lowest BCUT2D eigenvalue weighted by Crippen LogP contribution is -2.19. The quantitative estimate of drug-likeness (QED) is 0.912. The molecule has 1 saturated heterocycles. The molecule has 1 fully saturated rings. The number of alkyl carbamates (subject to hydrolysis) is 1. The third kappa shape index (κ3) is 2.76. The van der Waals surface area contributed by atoms with Gasteiger partial charge >= 0.3 is 12.7 Å². The minimum absolute atomic E-state index is 0.0276. The molecule has 1 aromatic carbocycles. The van der Waals surface area contributed by atoms with E-state index in [9.17, 15) is 13.6 Å². The summed E-state index contributed by atoms with van der Waals surface area (Å²) >= 11 is 5.77. The molecule has 1 heterocycles. The van der Waals surface area contributed by atoms with Crippen LogP contribution in [0.25, 0.3) is 0 Å². The molecule has 0 spiro atoms. The Bertz CT molecular complexity index is 442. The molecule has 0 radical (unpaired) electrons. The van der Waals surface area contributed by atoms with Gasteiger partial charge in [-0.3, -0.25) is 0 Å². The van der Waals surface area contributed by atoms with Gasteiger partial charge in [-0.15, -0.1) is 0 Å². The lowest BCUT2D eigenvalue weighted by Gasteiger charge is -2.14. The van der Waals surface area contributed by atoms with Crippen molar-refractivity contribution in [2.75, 3.05) is 6.61 Å². The third-order valence-electron chi connectivity index (χ3n) is 2.24. The Balaban J connectivity index is 2.29. The summed E-state index contributed by atoms with van der Waals surface area (Å²) < 4.78 is 33.4. The summed E-state index contributed by atoms with van der Waals surface area (Å²) in [5, 5.41) is 2.83. The molecular formula is C10H8ClF2NO3. The van der Waals surface area contributed by atoms with Crippen molar-refractivity contribution < 1.29 is 23.0 Å². The van der Waals surface area contributed by atoms with Gasteiger partial charge in [-0.2, -0.15) is 8.78 Å². The summed E-state index contributed by atoms with van der Waals surface area (Å²) in [7, 11) is 0. The summed E-state index contributed by atoms with van der Waals surface area (Å²) in [5.41, 5.74) is 0.364. The predicted molar refractivity (Wildman–Crippen MR) is 55.3 cm³/mol. The van der Waals surface area contributed by atoms with Crippen molar-refractivity contribution in [3.63, 3.8) is 0 Å². The molecule has 1 amide bonds. The summed E-state index contributed by atoms with van der Waals surface area (Å²) in [6, 6.07) is 3.68. The second kappa shape index (κ2) is 4.75. The highest BCUT2D eigenvalue weighted by Gasteiger charge is 2.27. The lowest BCUT2D eigenvalue weighted by molar-refractivity contribution is -0.0507. The van der Waals surface area contributed by atoms with Gasteiger partial charge in [0.2, 0.25) is 0 Å². The van der Waals surface area contributed by atoms with E-state index < -0.39 is 18.7 Å². The molecule has 1 aliphatic rings. The molecule has 1 unspecified atom stereocenters. The summed E-state index contributed by atoms with van der Waals surface area (Å²) in [6.45, 7) is -2.88. The maximum Gasteiger partial charge on any atom is 0.407 e. The van der Waals surface area contributed by atoms with Gasteiger partial charge in [-0.1, -0.05) is 11.6 Å². The Morgan fingerprint density at radius 1 is 1.53 bits per heavy atom. The Labute approximate surface area is 100 Å². The molecule has 17 heavy (non-hydrogen) atoms. The van der Waals surface area contributed by atoms with Gasteiger partial charge in [-0.25, -0.2) is 4.79 Å². The van der Waals surface area contributed by atoms with E-state index in [1.807, 2.05) is 0 Å². The topological polar surface area (TPSA) is 47.6 Å². The number of halogens is 3. The molecule has 92 valence electrons. The van der Waals surface area contributed by atoms with Crippen molar-refractivity contribution in [2.45, 2.75) is 12.7 Å². The van der Waals surface area contributed by atoms with Gasteiger partial charge < -0.3 is 14.8 Å². The van der Waals surface area contributed by atoms with Gasteiger partial charge in [0.05, 0.1) is 6.04 Å². The molecule has 7 heteroatoms. The number of cyclic esters (lactones) is 1. The van der Waals surface area contributed by atoms with Crippen molar-refractivity contribution in [3.8, 4) is 5.75 Å². The Kier molecular flexibility index (Phi) is 3.33. The first-order chi connectivity index (χ1) is 8.06. The molecule has 2 rings (SSSR count). The maximum absolute atomic E-state index is 12.2. The lowest BCUT2D eigenvalue weighted by atomic mass is 10.1. The number of carbonyl (C=O) groups is 1. The van der Waals surface area contributed by atoms with Crippen molar-refractivity contribution in [3.05, 3.63) is 28.8 Å². The van der Waals surface area contributed by atoms with Gasteiger partial charge in [0, 0.05) is 10.6 Å². The smallest absolute Gasteiger partial charge is 0.407 e. The number of nitrogens with one attached hydrogen (secondary N) is 1. The van der Waals surface area contributed by atoms with Crippen molar-refractivity contribution in [2.24, 2.45) is 0 Å². The van der Waals surface area contributed by atoms with Crippen LogP contribution in [0.5, 0.6) is 5.75 Å². The van der Waals surface area contributed by atoms with Gasteiger partial charge in [0.1, 0.15) is 12.4 Å². The summed E-state index contributed by atoms with van der Waals surface area (Å²) in [6.07, 6.45) is -0.599. The fraction of sp³-hybridized carbons (Fsp3) is 0.300. The highest BCUT2D eigenvalue weighted by molar-refractivity contribution is 6.30. The molecule has 1 aliphatic heterocycles. The highest BCUT2D eigenvalue weighted by atomic mass is 35.5. The second-order valence-corrected chi connectivity index (χ2v) is 3.79. The zero-order valence-corrected chi connectivity index (χ0v) is 9.21. The van der Waals surface area contributed by atoms with Gasteiger partial charge in [0.25, 0.3) is 0 Å². The van der Waals surface area contributed by atoms with E-state index in [1.54, 1.807) is 0 Å². The standard InChI is InChI=1S/C10H8ClF2NO3/c11-5-1-2-8(17-9(12)13)6(3-5)7-4-16-10(15)14-7/h1-3,7,9H,4H2,(H,14,15). The van der Waals surface area contributed by atoms with E-state index in [1.165, 1.54) is 18.2 Å². The van der Waals surface area contributed by atoms with Gasteiger partial charge in [-0.05, 0) is 18.2 Å². The molecule has 0 aliphatic carbocycles. The summed E-state index contributed by atoms with van der Waals surface area (Å²) in [4.78, 5) is 10.9. The van der Waals surface area contributed by atoms with Crippen molar-refractivity contribution in [1.29, 1.82) is 0 Å². The SMILES string of the molecule is O=C1NC(c2cc(Cl)ccc2OC(F)F)CO1. The van der Waals surface area contributed by atoms with Crippen LogP contribution in [0, 0.1) is 0 Å². The minimum Gasteiger partial charge on any atom is -0.447 e. The van der Waals surface area contributed by atoms with E-state index in [-0.39, 0.29) is 12.4 Å². The molecular weight excluding hydrogens is 256 g/mol. The zero-order chi connectivity index (χ0) is 12.4. The number of benzene rings is 1. The van der Waals surface area contributed by atoms with Crippen LogP contribution in [0.3, 0.4) is 0 Å². The van der Waals surface area contributed by atoms with Crippen molar-refractivity contribution >= 4 is 17.7 Å². The number of hydrogen-bond donors (Lipinski definition) is 1. The van der Waals surface area contributed by atoms with Crippen LogP contribution in [0.1, 0.15) is 11.6 Å². The van der Waals surface area contributed by atoms with Crippen LogP contribution >= 0.6 is 11.6 Å². The minimum atomic E-state index is -2.94. The maximum atomic E-state index is 12.2. The zero-order valence-electron chi connectivity index (χ0n) is 8.45. The average Bonchev–Trinajstić information content (AvgIpc) is 2.67. The number of alkyl halides is 2. The monoisotopic (exact) mass is 263 g/mol. The van der Waals surface area contributed by atoms with E-state index in [0.717, 1.165) is 0 Å². The first-order valence-corrected chi connectivity index (χ1v) is 5.11. The van der Waals surface area contributed by atoms with Crippen LogP contribution in [0.2, 0.25) is 5.02 Å². The molecule has 0 saturated carbocycles. The van der Waals surface area contributed by atoms with Crippen molar-refractivity contribution in [1.82, 2.24) is 5.32 Å². The van der Waals surface area contributed by atoms with E-state index >= 15 is 0 Å². The fourth-order valence-corrected chi connectivity index (χ4v) is 1.73. The molecule has 0 aromatic heterocycles. The van der Waals surface area contributed by atoms with Gasteiger partial charge in [0.15, 0.2) is 0 Å². The second-order valence-electron chi connectivity index (χ2n) is 3.36. The number of carbonyl (C=O) groups excluding carboxylic acids is 1. The summed E-state index contributed by atoms with van der Waals surface area (Å²) in [5.74, 6) is -0.0276. The van der Waals surface area contributed by atoms with Crippen LogP contribution in [0.15, 0.2) is 18.2 Å². The first-order valence-electron chi connectivity index (χ1n) is 4.74. The van der Waals surface area contributed by atoms with E-state index in [0.29, 0.717) is 10.6 Å². The Morgan fingerprint density at radius 3 is 2.88 bits per heavy atom. The number of rotatable bonds is 3. The molecule has 4 nitrogen and oxygen atoms in total. The largest absolute Gasteiger partial charge is 0.447 e. The third-order valence-corrected chi connectivity index (χ3v) is 2.47. The number of hydrogen-bond acceptors (Lipinski definition) is 3. The molecule has 1 atom stereocenters. The van der Waals surface area contributed by atoms with Crippen LogP contribution in [-0.4, -0.2) is 19.3 Å². The number of ether oxygens (including phenoxy) is 2. The van der Waals surface area contributed by atoms with E-state index in [4.69, 9.17) is 11.6 Å². The molecule has 1 aromatic rings. The highest BCUT2D eigenvalue weighted by Crippen LogP contribution is 2.31. The predicted octanol–water partition coefficient (Wildman–Crippen LogP) is 2.72. The van der Waals surface area contributed by atoms with E-state index in [2.05, 4.69) is 14.8 Å². The van der Waals surface area contributed by atoms with Crippen LogP contribution < -0.4 is 10.1 Å². The van der Waals surface area contributed by atoms with Crippen LogP contribution in [-0.2, 0) is 4.74 Å². The average molecular weight is 264 g/mol. The fourth-order valence-electron chi connectivity index (χ4n) is 1.55.